The van der Waals surface area contributed by atoms with Gasteiger partial charge in [-0.05, 0) is 49.6 Å². The highest BCUT2D eigenvalue weighted by molar-refractivity contribution is 7.90. The molecule has 1 heterocycles. The van der Waals surface area contributed by atoms with Crippen molar-refractivity contribution in [1.29, 1.82) is 5.26 Å². The number of nitrogens with zero attached hydrogens (tertiary/aromatic N) is 2. The van der Waals surface area contributed by atoms with Crippen molar-refractivity contribution < 1.29 is 17.9 Å². The van der Waals surface area contributed by atoms with Gasteiger partial charge < -0.3 is 14.6 Å². The third kappa shape index (κ3) is 7.30. The molecule has 2 aromatic rings. The van der Waals surface area contributed by atoms with E-state index in [1.165, 1.54) is 0 Å². The highest BCUT2D eigenvalue weighted by Crippen LogP contribution is 2.21. The van der Waals surface area contributed by atoms with Crippen LogP contribution >= 0.6 is 0 Å². The molecule has 1 N–H and O–H groups in total. The first kappa shape index (κ1) is 24.2. The molecule has 31 heavy (non-hydrogen) atoms. The van der Waals surface area contributed by atoms with Crippen LogP contribution in [-0.4, -0.2) is 37.5 Å². The largest absolute Gasteiger partial charge is 0.492 e. The number of benzene rings is 1. The van der Waals surface area contributed by atoms with E-state index in [4.69, 9.17) is 4.74 Å². The Balaban J connectivity index is 2.15. The number of anilines is 1. The molecular weight excluding hydrogens is 414 g/mol. The van der Waals surface area contributed by atoms with Crippen molar-refractivity contribution in [3.05, 3.63) is 52.9 Å². The molecule has 0 aliphatic rings. The van der Waals surface area contributed by atoms with E-state index in [0.29, 0.717) is 17.4 Å². The second-order valence-electron chi connectivity index (χ2n) is 7.96. The third-order valence-corrected chi connectivity index (χ3v) is 5.55. The lowest BCUT2D eigenvalue weighted by atomic mass is 10.1. The average Bonchev–Trinajstić information content (AvgIpc) is 2.92. The smallest absolute Gasteiger partial charge is 0.266 e. The molecule has 166 valence electrons. The number of nitriles is 1. The fourth-order valence-corrected chi connectivity index (χ4v) is 3.48. The van der Waals surface area contributed by atoms with Gasteiger partial charge in [0.25, 0.3) is 5.91 Å². The Morgan fingerprint density at radius 1 is 1.29 bits per heavy atom. The lowest BCUT2D eigenvalue weighted by Crippen LogP contribution is -2.14. The number of nitrogens with one attached hydrogen (secondary N) is 1. The molecule has 8 heteroatoms. The molecule has 0 saturated heterocycles. The molecule has 0 unspecified atom stereocenters. The summed E-state index contributed by atoms with van der Waals surface area (Å²) in [7, 11) is -3.12. The molecule has 1 amide bonds. The Morgan fingerprint density at radius 2 is 2.00 bits per heavy atom. The third-order valence-electron chi connectivity index (χ3n) is 4.64. The standard InChI is InChI=1S/C23H29N3O4S/c1-16(2)15-26-17(3)11-19(18(26)4)12-20(14-24)23(27)25-21-7-6-8-22(13-21)30-9-10-31(5,28)29/h6-8,11-13,16H,9-10,15H2,1-5H3,(H,25,27)/b20-12+. The van der Waals surface area contributed by atoms with Crippen LogP contribution in [0.5, 0.6) is 5.75 Å². The van der Waals surface area contributed by atoms with Gasteiger partial charge in [-0.1, -0.05) is 19.9 Å². The minimum atomic E-state index is -3.12. The number of rotatable bonds is 9. The van der Waals surface area contributed by atoms with Gasteiger partial charge in [0.05, 0.1) is 5.75 Å². The molecule has 0 bridgehead atoms. The maximum Gasteiger partial charge on any atom is 0.266 e. The molecule has 0 fully saturated rings. The molecule has 0 radical (unpaired) electrons. The predicted octanol–water partition coefficient (Wildman–Crippen LogP) is 3.73. The fraction of sp³-hybridized carbons (Fsp3) is 0.391. The van der Waals surface area contributed by atoms with E-state index < -0.39 is 15.7 Å². The SMILES string of the molecule is Cc1cc(/C=C(\C#N)C(=O)Nc2cccc(OCCS(C)(=O)=O)c2)c(C)n1CC(C)C. The molecule has 2 rings (SSSR count). The van der Waals surface area contributed by atoms with Gasteiger partial charge in [0.15, 0.2) is 9.84 Å². The molecule has 0 aliphatic carbocycles. The van der Waals surface area contributed by atoms with Crippen molar-refractivity contribution >= 4 is 27.5 Å². The van der Waals surface area contributed by atoms with Crippen LogP contribution in [0.3, 0.4) is 0 Å². The average molecular weight is 444 g/mol. The van der Waals surface area contributed by atoms with Crippen molar-refractivity contribution in [2.45, 2.75) is 34.2 Å². The van der Waals surface area contributed by atoms with Crippen LogP contribution in [0.4, 0.5) is 5.69 Å². The Bertz CT molecular complexity index is 1120. The van der Waals surface area contributed by atoms with E-state index in [2.05, 4.69) is 23.7 Å². The second-order valence-corrected chi connectivity index (χ2v) is 10.2. The zero-order valence-electron chi connectivity index (χ0n) is 18.6. The monoisotopic (exact) mass is 443 g/mol. The summed E-state index contributed by atoms with van der Waals surface area (Å²) in [6.45, 7) is 9.15. The fourth-order valence-electron chi connectivity index (χ4n) is 3.10. The quantitative estimate of drug-likeness (QED) is 0.470. The maximum atomic E-state index is 12.7. The zero-order chi connectivity index (χ0) is 23.2. The number of amides is 1. The van der Waals surface area contributed by atoms with Crippen LogP contribution < -0.4 is 10.1 Å². The minimum absolute atomic E-state index is 0.00630. The van der Waals surface area contributed by atoms with Crippen molar-refractivity contribution in [3.63, 3.8) is 0 Å². The first-order chi connectivity index (χ1) is 14.5. The first-order valence-electron chi connectivity index (χ1n) is 10.0. The highest BCUT2D eigenvalue weighted by atomic mass is 32.2. The van der Waals surface area contributed by atoms with Gasteiger partial charge in [-0.3, -0.25) is 4.79 Å². The Kier molecular flexibility index (Phi) is 8.06. The molecule has 0 aliphatic heterocycles. The summed E-state index contributed by atoms with van der Waals surface area (Å²) in [5.74, 6) is 0.290. The summed E-state index contributed by atoms with van der Waals surface area (Å²) in [5.41, 5.74) is 3.37. The van der Waals surface area contributed by atoms with E-state index in [0.717, 1.165) is 29.8 Å². The normalized spacial score (nSPS) is 12.0. The molecular formula is C23H29N3O4S. The van der Waals surface area contributed by atoms with Gasteiger partial charge in [-0.25, -0.2) is 8.42 Å². The lowest BCUT2D eigenvalue weighted by Gasteiger charge is -2.12. The lowest BCUT2D eigenvalue weighted by molar-refractivity contribution is -0.112. The number of aryl methyl sites for hydroxylation is 1. The number of carbonyl (C=O) groups excluding carboxylic acids is 1. The van der Waals surface area contributed by atoms with E-state index in [-0.39, 0.29) is 17.9 Å². The van der Waals surface area contributed by atoms with Crippen LogP contribution in [0.25, 0.3) is 6.08 Å². The summed E-state index contributed by atoms with van der Waals surface area (Å²) in [4.78, 5) is 12.7. The minimum Gasteiger partial charge on any atom is -0.492 e. The number of sulfone groups is 1. The van der Waals surface area contributed by atoms with Gasteiger partial charge >= 0.3 is 0 Å². The summed E-state index contributed by atoms with van der Waals surface area (Å²) >= 11 is 0. The Morgan fingerprint density at radius 3 is 2.61 bits per heavy atom. The molecule has 0 atom stereocenters. The molecule has 0 spiro atoms. The van der Waals surface area contributed by atoms with E-state index in [9.17, 15) is 18.5 Å². The van der Waals surface area contributed by atoms with Crippen LogP contribution in [-0.2, 0) is 21.2 Å². The predicted molar refractivity (Wildman–Crippen MR) is 123 cm³/mol. The summed E-state index contributed by atoms with van der Waals surface area (Å²) in [6.07, 6.45) is 2.74. The van der Waals surface area contributed by atoms with Gasteiger partial charge in [-0.2, -0.15) is 5.26 Å². The number of hydrogen-bond acceptors (Lipinski definition) is 5. The topological polar surface area (TPSA) is 101 Å². The van der Waals surface area contributed by atoms with E-state index in [1.807, 2.05) is 26.0 Å². The highest BCUT2D eigenvalue weighted by Gasteiger charge is 2.14. The molecule has 7 nitrogen and oxygen atoms in total. The number of ether oxygens (including phenoxy) is 1. The summed E-state index contributed by atoms with van der Waals surface area (Å²) < 4.78 is 30.0. The van der Waals surface area contributed by atoms with Crippen molar-refractivity contribution in [1.82, 2.24) is 4.57 Å². The second kappa shape index (κ2) is 10.3. The van der Waals surface area contributed by atoms with Crippen molar-refractivity contribution in [2.24, 2.45) is 5.92 Å². The number of carbonyl (C=O) groups is 1. The van der Waals surface area contributed by atoms with E-state index in [1.54, 1.807) is 30.3 Å². The van der Waals surface area contributed by atoms with Crippen molar-refractivity contribution in [3.8, 4) is 11.8 Å². The summed E-state index contributed by atoms with van der Waals surface area (Å²) in [6, 6.07) is 10.6. The van der Waals surface area contributed by atoms with Gasteiger partial charge in [-0.15, -0.1) is 0 Å². The van der Waals surface area contributed by atoms with Crippen LogP contribution in [0.2, 0.25) is 0 Å². The van der Waals surface area contributed by atoms with Crippen LogP contribution in [0.1, 0.15) is 30.8 Å². The van der Waals surface area contributed by atoms with Crippen LogP contribution in [0.15, 0.2) is 35.9 Å². The number of aromatic nitrogens is 1. The molecule has 1 aromatic carbocycles. The van der Waals surface area contributed by atoms with Gasteiger partial charge in [0.2, 0.25) is 0 Å². The van der Waals surface area contributed by atoms with Crippen molar-refractivity contribution in [2.75, 3.05) is 23.9 Å². The Labute approximate surface area is 184 Å². The number of hydrogen-bond donors (Lipinski definition) is 1. The maximum absolute atomic E-state index is 12.7. The zero-order valence-corrected chi connectivity index (χ0v) is 19.4. The molecule has 0 saturated carbocycles. The summed E-state index contributed by atoms with van der Waals surface area (Å²) in [5, 5.41) is 12.2. The van der Waals surface area contributed by atoms with Crippen LogP contribution in [0, 0.1) is 31.1 Å². The van der Waals surface area contributed by atoms with Gasteiger partial charge in [0, 0.05) is 35.9 Å². The van der Waals surface area contributed by atoms with E-state index >= 15 is 0 Å². The van der Waals surface area contributed by atoms with Gasteiger partial charge in [0.1, 0.15) is 24.0 Å². The molecule has 1 aromatic heterocycles. The Hall–Kier alpha value is -3.05. The first-order valence-corrected chi connectivity index (χ1v) is 12.1.